The van der Waals surface area contributed by atoms with Gasteiger partial charge >= 0.3 is 0 Å². The lowest BCUT2D eigenvalue weighted by atomic mass is 10.0. The third kappa shape index (κ3) is 3.76. The SMILES string of the molecule is CN1CCCCC1CNC(=O)c1ccc(F)c(Br)c1. The Hall–Kier alpha value is -0.940. The summed E-state index contributed by atoms with van der Waals surface area (Å²) in [5, 5.41) is 2.92. The van der Waals surface area contributed by atoms with Gasteiger partial charge in [0, 0.05) is 18.2 Å². The second-order valence-electron chi connectivity index (χ2n) is 4.97. The van der Waals surface area contributed by atoms with Crippen molar-refractivity contribution in [2.45, 2.75) is 25.3 Å². The summed E-state index contributed by atoms with van der Waals surface area (Å²) >= 11 is 3.09. The van der Waals surface area contributed by atoms with Crippen molar-refractivity contribution in [1.29, 1.82) is 0 Å². The van der Waals surface area contributed by atoms with Crippen LogP contribution in [0.15, 0.2) is 22.7 Å². The summed E-state index contributed by atoms with van der Waals surface area (Å²) < 4.78 is 13.4. The van der Waals surface area contributed by atoms with E-state index in [4.69, 9.17) is 0 Å². The Morgan fingerprint density at radius 3 is 3.00 bits per heavy atom. The van der Waals surface area contributed by atoms with Gasteiger partial charge in [0.05, 0.1) is 4.47 Å². The predicted octanol–water partition coefficient (Wildman–Crippen LogP) is 2.80. The largest absolute Gasteiger partial charge is 0.350 e. The van der Waals surface area contributed by atoms with Crippen molar-refractivity contribution in [1.82, 2.24) is 10.2 Å². The molecule has 0 spiro atoms. The average Bonchev–Trinajstić information content (AvgIpc) is 2.40. The van der Waals surface area contributed by atoms with E-state index in [1.807, 2.05) is 0 Å². The number of amides is 1. The second-order valence-corrected chi connectivity index (χ2v) is 5.82. The first-order chi connectivity index (χ1) is 9.08. The maximum atomic E-state index is 13.1. The first kappa shape index (κ1) is 14.5. The van der Waals surface area contributed by atoms with Gasteiger partial charge in [0.25, 0.3) is 5.91 Å². The molecule has 1 aliphatic rings. The Kier molecular flexibility index (Phi) is 4.93. The Morgan fingerprint density at radius 2 is 2.32 bits per heavy atom. The predicted molar refractivity (Wildman–Crippen MR) is 76.7 cm³/mol. The van der Waals surface area contributed by atoms with Crippen molar-refractivity contribution in [3.8, 4) is 0 Å². The number of nitrogens with one attached hydrogen (secondary N) is 1. The number of carbonyl (C=O) groups excluding carboxylic acids is 1. The molecule has 1 saturated heterocycles. The fourth-order valence-corrected chi connectivity index (χ4v) is 2.73. The van der Waals surface area contributed by atoms with Gasteiger partial charge < -0.3 is 10.2 Å². The molecule has 0 bridgehead atoms. The highest BCUT2D eigenvalue weighted by Crippen LogP contribution is 2.17. The Bertz CT molecular complexity index is 467. The fourth-order valence-electron chi connectivity index (χ4n) is 2.35. The summed E-state index contributed by atoms with van der Waals surface area (Å²) in [7, 11) is 2.09. The Morgan fingerprint density at radius 1 is 1.53 bits per heavy atom. The zero-order valence-corrected chi connectivity index (χ0v) is 12.5. The molecule has 0 aliphatic carbocycles. The van der Waals surface area contributed by atoms with Crippen LogP contribution in [0, 0.1) is 5.82 Å². The molecule has 2 rings (SSSR count). The van der Waals surface area contributed by atoms with Crippen molar-refractivity contribution in [2.24, 2.45) is 0 Å². The van der Waals surface area contributed by atoms with Crippen molar-refractivity contribution in [3.63, 3.8) is 0 Å². The van der Waals surface area contributed by atoms with E-state index in [2.05, 4.69) is 33.2 Å². The molecule has 5 heteroatoms. The summed E-state index contributed by atoms with van der Waals surface area (Å²) in [4.78, 5) is 14.3. The molecule has 0 radical (unpaired) electrons. The van der Waals surface area contributed by atoms with Gasteiger partial charge in [0.2, 0.25) is 0 Å². The monoisotopic (exact) mass is 328 g/mol. The van der Waals surface area contributed by atoms with Gasteiger partial charge in [0.1, 0.15) is 5.82 Å². The van der Waals surface area contributed by atoms with Gasteiger partial charge in [-0.1, -0.05) is 6.42 Å². The van der Waals surface area contributed by atoms with Crippen LogP contribution in [-0.4, -0.2) is 37.0 Å². The molecule has 1 N–H and O–H groups in total. The van der Waals surface area contributed by atoms with Gasteiger partial charge in [0.15, 0.2) is 0 Å². The van der Waals surface area contributed by atoms with E-state index in [1.165, 1.54) is 31.0 Å². The number of nitrogens with zero attached hydrogens (tertiary/aromatic N) is 1. The molecular weight excluding hydrogens is 311 g/mol. The lowest BCUT2D eigenvalue weighted by Crippen LogP contribution is -2.44. The normalized spacial score (nSPS) is 20.3. The van der Waals surface area contributed by atoms with Gasteiger partial charge in [-0.15, -0.1) is 0 Å². The quantitative estimate of drug-likeness (QED) is 0.925. The number of likely N-dealkylation sites (tertiary alicyclic amines) is 1. The molecule has 1 atom stereocenters. The van der Waals surface area contributed by atoms with Gasteiger partial charge in [-0.3, -0.25) is 4.79 Å². The highest BCUT2D eigenvalue weighted by atomic mass is 79.9. The number of hydrogen-bond donors (Lipinski definition) is 1. The van der Waals surface area contributed by atoms with Gasteiger partial charge in [-0.2, -0.15) is 0 Å². The first-order valence-electron chi connectivity index (χ1n) is 6.51. The maximum Gasteiger partial charge on any atom is 0.251 e. The van der Waals surface area contributed by atoms with E-state index in [0.29, 0.717) is 22.6 Å². The number of hydrogen-bond acceptors (Lipinski definition) is 2. The molecule has 1 aromatic rings. The zero-order chi connectivity index (χ0) is 13.8. The first-order valence-corrected chi connectivity index (χ1v) is 7.30. The van der Waals surface area contributed by atoms with E-state index in [1.54, 1.807) is 0 Å². The molecular formula is C14H18BrFN2O. The van der Waals surface area contributed by atoms with Gasteiger partial charge in [-0.05, 0) is 60.6 Å². The van der Waals surface area contributed by atoms with Crippen LogP contribution in [0.3, 0.4) is 0 Å². The number of benzene rings is 1. The molecule has 1 fully saturated rings. The Balaban J connectivity index is 1.91. The van der Waals surface area contributed by atoms with Crippen LogP contribution in [0.2, 0.25) is 0 Å². The van der Waals surface area contributed by atoms with E-state index < -0.39 is 0 Å². The second kappa shape index (κ2) is 6.48. The van der Waals surface area contributed by atoms with Crippen LogP contribution >= 0.6 is 15.9 Å². The van der Waals surface area contributed by atoms with E-state index in [9.17, 15) is 9.18 Å². The molecule has 0 saturated carbocycles. The standard InChI is InChI=1S/C14H18BrFN2O/c1-18-7-3-2-4-11(18)9-17-14(19)10-5-6-13(16)12(15)8-10/h5-6,8,11H,2-4,7,9H2,1H3,(H,17,19). The minimum Gasteiger partial charge on any atom is -0.350 e. The van der Waals surface area contributed by atoms with Crippen LogP contribution < -0.4 is 5.32 Å². The van der Waals surface area contributed by atoms with Crippen LogP contribution in [0.25, 0.3) is 0 Å². The van der Waals surface area contributed by atoms with Crippen molar-refractivity contribution in [2.75, 3.05) is 20.1 Å². The molecule has 1 aliphatic heterocycles. The molecule has 1 aromatic carbocycles. The minimum absolute atomic E-state index is 0.153. The summed E-state index contributed by atoms with van der Waals surface area (Å²) in [6.45, 7) is 1.73. The molecule has 0 aromatic heterocycles. The lowest BCUT2D eigenvalue weighted by Gasteiger charge is -2.32. The van der Waals surface area contributed by atoms with E-state index in [-0.39, 0.29) is 11.7 Å². The fraction of sp³-hybridized carbons (Fsp3) is 0.500. The third-order valence-electron chi connectivity index (χ3n) is 3.60. The highest BCUT2D eigenvalue weighted by Gasteiger charge is 2.19. The zero-order valence-electron chi connectivity index (χ0n) is 11.0. The summed E-state index contributed by atoms with van der Waals surface area (Å²) in [5.41, 5.74) is 0.478. The molecule has 3 nitrogen and oxygen atoms in total. The lowest BCUT2D eigenvalue weighted by molar-refractivity contribution is 0.0928. The van der Waals surface area contributed by atoms with Crippen LogP contribution in [0.5, 0.6) is 0 Å². The van der Waals surface area contributed by atoms with Crippen molar-refractivity contribution >= 4 is 21.8 Å². The maximum absolute atomic E-state index is 13.1. The highest BCUT2D eigenvalue weighted by molar-refractivity contribution is 9.10. The summed E-state index contributed by atoms with van der Waals surface area (Å²) in [6, 6.07) is 4.71. The number of halogens is 2. The summed E-state index contributed by atoms with van der Waals surface area (Å²) in [5.74, 6) is -0.511. The number of piperidine rings is 1. The van der Waals surface area contributed by atoms with Crippen molar-refractivity contribution in [3.05, 3.63) is 34.1 Å². The summed E-state index contributed by atoms with van der Waals surface area (Å²) in [6.07, 6.45) is 3.56. The van der Waals surface area contributed by atoms with Crippen molar-refractivity contribution < 1.29 is 9.18 Å². The molecule has 1 amide bonds. The molecule has 1 unspecified atom stereocenters. The minimum atomic E-state index is -0.358. The topological polar surface area (TPSA) is 32.3 Å². The molecule has 104 valence electrons. The van der Waals surface area contributed by atoms with Crippen LogP contribution in [0.1, 0.15) is 29.6 Å². The average molecular weight is 329 g/mol. The van der Waals surface area contributed by atoms with E-state index in [0.717, 1.165) is 13.0 Å². The van der Waals surface area contributed by atoms with Gasteiger partial charge in [-0.25, -0.2) is 4.39 Å². The van der Waals surface area contributed by atoms with Crippen LogP contribution in [-0.2, 0) is 0 Å². The van der Waals surface area contributed by atoms with E-state index >= 15 is 0 Å². The molecule has 1 heterocycles. The smallest absolute Gasteiger partial charge is 0.251 e. The third-order valence-corrected chi connectivity index (χ3v) is 4.21. The van der Waals surface area contributed by atoms with Crippen LogP contribution in [0.4, 0.5) is 4.39 Å². The number of likely N-dealkylation sites (N-methyl/N-ethyl adjacent to an activating group) is 1. The number of carbonyl (C=O) groups is 1. The molecule has 19 heavy (non-hydrogen) atoms. The Labute approximate surface area is 121 Å². The number of rotatable bonds is 3.